The first-order valence-electron chi connectivity index (χ1n) is 11.9. The van der Waals surface area contributed by atoms with Crippen LogP contribution >= 0.6 is 23.1 Å². The highest BCUT2D eigenvalue weighted by Crippen LogP contribution is 2.52. The van der Waals surface area contributed by atoms with Crippen molar-refractivity contribution in [2.75, 3.05) is 12.0 Å². The maximum absolute atomic E-state index is 13.7. The van der Waals surface area contributed by atoms with E-state index in [0.717, 1.165) is 21.4 Å². The van der Waals surface area contributed by atoms with Gasteiger partial charge in [-0.1, -0.05) is 85.5 Å². The van der Waals surface area contributed by atoms with E-state index in [2.05, 4.69) is 42.2 Å². The van der Waals surface area contributed by atoms with Gasteiger partial charge in [-0.05, 0) is 23.5 Å². The van der Waals surface area contributed by atoms with Crippen LogP contribution in [0, 0.1) is 16.7 Å². The van der Waals surface area contributed by atoms with Crippen LogP contribution in [0.3, 0.4) is 0 Å². The fourth-order valence-electron chi connectivity index (χ4n) is 5.01. The molecule has 0 bridgehead atoms. The van der Waals surface area contributed by atoms with Crippen molar-refractivity contribution in [3.05, 3.63) is 88.4 Å². The molecule has 1 aliphatic heterocycles. The van der Waals surface area contributed by atoms with Gasteiger partial charge in [0.2, 0.25) is 5.13 Å². The van der Waals surface area contributed by atoms with Crippen molar-refractivity contribution in [3.8, 4) is 11.8 Å². The van der Waals surface area contributed by atoms with E-state index in [1.807, 2.05) is 42.5 Å². The molecule has 1 aromatic heterocycles. The fraction of sp³-hybridized carbons (Fsp3) is 0.286. The van der Waals surface area contributed by atoms with Crippen LogP contribution in [-0.2, 0) is 10.5 Å². The number of para-hydroxylation sites is 1. The Morgan fingerprint density at radius 2 is 1.89 bits per heavy atom. The second kappa shape index (κ2) is 10.0. The third-order valence-corrected chi connectivity index (χ3v) is 8.74. The van der Waals surface area contributed by atoms with Crippen molar-refractivity contribution < 1.29 is 9.53 Å². The number of benzene rings is 2. The van der Waals surface area contributed by atoms with E-state index in [-0.39, 0.29) is 17.0 Å². The van der Waals surface area contributed by atoms with Gasteiger partial charge in [-0.25, -0.2) is 0 Å². The summed E-state index contributed by atoms with van der Waals surface area (Å²) >= 11 is 3.00. The van der Waals surface area contributed by atoms with Crippen molar-refractivity contribution in [2.45, 2.75) is 42.7 Å². The van der Waals surface area contributed by atoms with Gasteiger partial charge in [0, 0.05) is 29.0 Å². The molecule has 2 heterocycles. The molecule has 0 radical (unpaired) electrons. The normalized spacial score (nSPS) is 19.0. The summed E-state index contributed by atoms with van der Waals surface area (Å²) in [4.78, 5) is 15.5. The molecule has 2 aromatic carbocycles. The summed E-state index contributed by atoms with van der Waals surface area (Å²) in [6, 6.07) is 20.0. The van der Waals surface area contributed by atoms with Crippen LogP contribution < -0.4 is 15.4 Å². The number of nitrogens with two attached hydrogens (primary N) is 1. The molecular weight excluding hydrogens is 502 g/mol. The molecule has 1 aliphatic carbocycles. The summed E-state index contributed by atoms with van der Waals surface area (Å²) < 4.78 is 6.41. The van der Waals surface area contributed by atoms with E-state index < -0.39 is 5.92 Å². The number of ether oxygens (including phenoxy) is 1. The summed E-state index contributed by atoms with van der Waals surface area (Å²) in [5, 5.41) is 19.7. The second-order valence-electron chi connectivity index (χ2n) is 9.85. The fourth-order valence-corrected chi connectivity index (χ4v) is 6.85. The zero-order chi connectivity index (χ0) is 26.2. The van der Waals surface area contributed by atoms with Gasteiger partial charge in [0.1, 0.15) is 11.6 Å². The van der Waals surface area contributed by atoms with Crippen LogP contribution in [0.25, 0.3) is 0 Å². The summed E-state index contributed by atoms with van der Waals surface area (Å²) in [6.07, 6.45) is 1.00. The molecule has 188 valence electrons. The average Bonchev–Trinajstić information content (AvgIpc) is 3.35. The predicted octanol–water partition coefficient (Wildman–Crippen LogP) is 5.78. The van der Waals surface area contributed by atoms with Gasteiger partial charge >= 0.3 is 0 Å². The molecule has 0 fully saturated rings. The number of anilines is 1. The highest BCUT2D eigenvalue weighted by molar-refractivity contribution is 8.00. The lowest BCUT2D eigenvalue weighted by molar-refractivity contribution is -0.118. The Morgan fingerprint density at radius 1 is 1.16 bits per heavy atom. The summed E-state index contributed by atoms with van der Waals surface area (Å²) in [7, 11) is 1.59. The standard InChI is InChI=1S/C28H27N5O2S2/c1-28(2)13-20-24(21(34)14-28)23(18-11-7-8-12-22(18)35-3)19(15-29)25(30)33(20)26-31-32-27(37-26)36-16-17-9-5-4-6-10-17/h4-12,23H,13-14,16,30H2,1-3H3. The summed E-state index contributed by atoms with van der Waals surface area (Å²) in [5.74, 6) is 1.06. The van der Waals surface area contributed by atoms with Crippen LogP contribution in [0.2, 0.25) is 0 Å². The van der Waals surface area contributed by atoms with Crippen molar-refractivity contribution in [3.63, 3.8) is 0 Å². The molecular formula is C28H27N5O2S2. The lowest BCUT2D eigenvalue weighted by Crippen LogP contribution is -2.42. The Morgan fingerprint density at radius 3 is 2.62 bits per heavy atom. The van der Waals surface area contributed by atoms with Crippen molar-refractivity contribution in [1.82, 2.24) is 10.2 Å². The number of aromatic nitrogens is 2. The predicted molar refractivity (Wildman–Crippen MR) is 146 cm³/mol. The minimum Gasteiger partial charge on any atom is -0.496 e. The Balaban J connectivity index is 1.60. The molecule has 0 amide bonds. The summed E-state index contributed by atoms with van der Waals surface area (Å²) in [6.45, 7) is 4.15. The van der Waals surface area contributed by atoms with Gasteiger partial charge in [-0.15, -0.1) is 10.2 Å². The van der Waals surface area contributed by atoms with E-state index >= 15 is 0 Å². The number of methoxy groups -OCH3 is 1. The molecule has 9 heteroatoms. The zero-order valence-corrected chi connectivity index (χ0v) is 22.5. The number of thioether (sulfide) groups is 1. The minimum absolute atomic E-state index is 0.00981. The van der Waals surface area contributed by atoms with E-state index in [4.69, 9.17) is 10.5 Å². The first-order chi connectivity index (χ1) is 17.8. The van der Waals surface area contributed by atoms with E-state index in [1.54, 1.807) is 23.8 Å². The van der Waals surface area contributed by atoms with Gasteiger partial charge in [0.05, 0.1) is 24.7 Å². The first kappa shape index (κ1) is 25.1. The molecule has 7 nitrogen and oxygen atoms in total. The number of carbonyl (C=O) groups is 1. The molecule has 5 rings (SSSR count). The molecule has 0 saturated carbocycles. The highest BCUT2D eigenvalue weighted by Gasteiger charge is 2.46. The minimum atomic E-state index is -0.601. The van der Waals surface area contributed by atoms with Crippen LogP contribution in [0.1, 0.15) is 43.7 Å². The van der Waals surface area contributed by atoms with Crippen LogP contribution in [-0.4, -0.2) is 23.1 Å². The van der Waals surface area contributed by atoms with Crippen LogP contribution in [0.15, 0.2) is 81.6 Å². The van der Waals surface area contributed by atoms with Crippen molar-refractivity contribution >= 4 is 34.0 Å². The number of nitrogens with zero attached hydrogens (tertiary/aromatic N) is 4. The smallest absolute Gasteiger partial charge is 0.219 e. The molecule has 1 atom stereocenters. The number of hydrogen-bond acceptors (Lipinski definition) is 9. The molecule has 0 spiro atoms. The zero-order valence-electron chi connectivity index (χ0n) is 20.9. The van der Waals surface area contributed by atoms with Crippen molar-refractivity contribution in [1.29, 1.82) is 5.26 Å². The molecule has 0 saturated heterocycles. The number of rotatable bonds is 6. The van der Waals surface area contributed by atoms with Gasteiger partial charge in [-0.3, -0.25) is 9.69 Å². The Labute approximate surface area is 224 Å². The Kier molecular flexibility index (Phi) is 6.80. The summed E-state index contributed by atoms with van der Waals surface area (Å²) in [5.41, 5.74) is 10.1. The number of nitriles is 1. The molecule has 2 N–H and O–H groups in total. The maximum atomic E-state index is 13.7. The topological polar surface area (TPSA) is 105 Å². The number of carbonyl (C=O) groups excluding carboxylic acids is 1. The monoisotopic (exact) mass is 529 g/mol. The van der Waals surface area contributed by atoms with Gasteiger partial charge in [0.15, 0.2) is 10.1 Å². The number of Topliss-reactive ketones (excluding diaryl/α,β-unsaturated/α-hetero) is 1. The Bertz CT molecular complexity index is 1450. The second-order valence-corrected chi connectivity index (χ2v) is 12.0. The highest BCUT2D eigenvalue weighted by atomic mass is 32.2. The number of ketones is 1. The molecule has 2 aliphatic rings. The molecule has 37 heavy (non-hydrogen) atoms. The van der Waals surface area contributed by atoms with Crippen LogP contribution in [0.4, 0.5) is 5.13 Å². The largest absolute Gasteiger partial charge is 0.496 e. The van der Waals surface area contributed by atoms with Crippen molar-refractivity contribution in [2.24, 2.45) is 11.1 Å². The quantitative estimate of drug-likeness (QED) is 0.401. The average molecular weight is 530 g/mol. The lowest BCUT2D eigenvalue weighted by atomic mass is 9.68. The lowest BCUT2D eigenvalue weighted by Gasteiger charge is -2.42. The Hall–Kier alpha value is -3.61. The SMILES string of the molecule is COc1ccccc1C1C(C#N)=C(N)N(c2nnc(SCc3ccccc3)s2)C2=C1C(=O)CC(C)(C)C2. The molecule has 3 aromatic rings. The third kappa shape index (κ3) is 4.75. The maximum Gasteiger partial charge on any atom is 0.219 e. The number of allylic oxidation sites excluding steroid dienone is 3. The van der Waals surface area contributed by atoms with E-state index in [1.165, 1.54) is 16.9 Å². The molecule has 1 unspecified atom stereocenters. The van der Waals surface area contributed by atoms with Gasteiger partial charge in [-0.2, -0.15) is 5.26 Å². The number of hydrogen-bond donors (Lipinski definition) is 1. The van der Waals surface area contributed by atoms with Gasteiger partial charge in [0.25, 0.3) is 0 Å². The van der Waals surface area contributed by atoms with Gasteiger partial charge < -0.3 is 10.5 Å². The van der Waals surface area contributed by atoms with E-state index in [0.29, 0.717) is 34.9 Å². The van der Waals surface area contributed by atoms with Crippen LogP contribution in [0.5, 0.6) is 5.75 Å². The third-order valence-electron chi connectivity index (χ3n) is 6.62. The van der Waals surface area contributed by atoms with E-state index in [9.17, 15) is 10.1 Å². The first-order valence-corrected chi connectivity index (χ1v) is 13.7.